The van der Waals surface area contributed by atoms with Crippen LogP contribution in [-0.2, 0) is 0 Å². The molecule has 1 aromatic heterocycles. The number of rotatable bonds is 5. The molecule has 2 rings (SSSR count). The highest BCUT2D eigenvalue weighted by molar-refractivity contribution is 6.28. The van der Waals surface area contributed by atoms with E-state index in [0.717, 1.165) is 12.3 Å². The molecule has 0 amide bonds. The first kappa shape index (κ1) is 10.4. The van der Waals surface area contributed by atoms with Gasteiger partial charge in [0.1, 0.15) is 0 Å². The Labute approximate surface area is 92.8 Å². The summed E-state index contributed by atoms with van der Waals surface area (Å²) in [6.45, 7) is 0.619. The maximum absolute atomic E-state index is 5.66. The second-order valence-electron chi connectivity index (χ2n) is 3.45. The van der Waals surface area contributed by atoms with E-state index in [4.69, 9.17) is 21.1 Å². The van der Waals surface area contributed by atoms with Crippen molar-refractivity contribution >= 4 is 11.6 Å². The summed E-state index contributed by atoms with van der Waals surface area (Å²) in [5.74, 6) is 0.823. The first-order valence-corrected chi connectivity index (χ1v) is 5.24. The number of methoxy groups -OCH3 is 1. The van der Waals surface area contributed by atoms with Gasteiger partial charge < -0.3 is 9.47 Å². The van der Waals surface area contributed by atoms with E-state index in [-0.39, 0.29) is 17.3 Å². The Kier molecular flexibility index (Phi) is 3.20. The van der Waals surface area contributed by atoms with Crippen LogP contribution in [0.1, 0.15) is 19.3 Å². The third-order valence-corrected chi connectivity index (χ3v) is 2.37. The lowest BCUT2D eigenvalue weighted by Gasteiger charge is -2.04. The summed E-state index contributed by atoms with van der Waals surface area (Å²) in [6.07, 6.45) is 3.67. The summed E-state index contributed by atoms with van der Waals surface area (Å²) in [7, 11) is 1.47. The van der Waals surface area contributed by atoms with E-state index in [1.165, 1.54) is 20.0 Å². The molecule has 15 heavy (non-hydrogen) atoms. The first-order valence-electron chi connectivity index (χ1n) is 4.86. The molecule has 1 heterocycles. The molecule has 0 radical (unpaired) electrons. The van der Waals surface area contributed by atoms with Gasteiger partial charge in [-0.15, -0.1) is 4.98 Å². The van der Waals surface area contributed by atoms with Crippen molar-refractivity contribution in [2.45, 2.75) is 19.3 Å². The van der Waals surface area contributed by atoms with E-state index < -0.39 is 0 Å². The number of ether oxygens (including phenoxy) is 2. The molecule has 5 nitrogen and oxygen atoms in total. The Morgan fingerprint density at radius 1 is 1.27 bits per heavy atom. The average Bonchev–Trinajstić information content (AvgIpc) is 3.01. The van der Waals surface area contributed by atoms with Gasteiger partial charge in [-0.25, -0.2) is 0 Å². The van der Waals surface area contributed by atoms with Crippen molar-refractivity contribution < 1.29 is 9.47 Å². The highest BCUT2D eigenvalue weighted by Crippen LogP contribution is 2.32. The molecule has 0 spiro atoms. The molecular formula is C9H12ClN3O2. The van der Waals surface area contributed by atoms with E-state index in [1.54, 1.807) is 0 Å². The Morgan fingerprint density at radius 3 is 2.67 bits per heavy atom. The van der Waals surface area contributed by atoms with Gasteiger partial charge in [-0.2, -0.15) is 9.97 Å². The van der Waals surface area contributed by atoms with E-state index in [0.29, 0.717) is 6.61 Å². The van der Waals surface area contributed by atoms with Crippen molar-refractivity contribution in [1.82, 2.24) is 15.0 Å². The highest BCUT2D eigenvalue weighted by Gasteiger charge is 2.21. The van der Waals surface area contributed by atoms with Gasteiger partial charge >= 0.3 is 12.0 Å². The molecule has 0 aliphatic heterocycles. The van der Waals surface area contributed by atoms with Crippen LogP contribution in [0.3, 0.4) is 0 Å². The maximum atomic E-state index is 5.66. The third kappa shape index (κ3) is 3.20. The predicted molar refractivity (Wildman–Crippen MR) is 54.2 cm³/mol. The van der Waals surface area contributed by atoms with Crippen molar-refractivity contribution in [2.24, 2.45) is 5.92 Å². The normalized spacial score (nSPS) is 15.1. The summed E-state index contributed by atoms with van der Waals surface area (Å²) >= 11 is 5.66. The molecule has 0 atom stereocenters. The minimum absolute atomic E-state index is 0.0864. The first-order chi connectivity index (χ1) is 7.28. The van der Waals surface area contributed by atoms with Gasteiger partial charge in [0.25, 0.3) is 0 Å². The molecule has 1 fully saturated rings. The van der Waals surface area contributed by atoms with Crippen LogP contribution in [0, 0.1) is 5.92 Å². The Balaban J connectivity index is 1.90. The van der Waals surface area contributed by atoms with Gasteiger partial charge in [-0.1, -0.05) is 12.8 Å². The van der Waals surface area contributed by atoms with E-state index in [9.17, 15) is 0 Å². The number of hydrogen-bond donors (Lipinski definition) is 0. The van der Waals surface area contributed by atoms with Gasteiger partial charge in [0, 0.05) is 0 Å². The Bertz CT molecular complexity index is 344. The van der Waals surface area contributed by atoms with Crippen molar-refractivity contribution in [1.29, 1.82) is 0 Å². The molecule has 1 aliphatic carbocycles. The molecule has 6 heteroatoms. The van der Waals surface area contributed by atoms with Gasteiger partial charge in [0.15, 0.2) is 0 Å². The zero-order valence-electron chi connectivity index (χ0n) is 8.44. The second kappa shape index (κ2) is 4.61. The van der Waals surface area contributed by atoms with Gasteiger partial charge in [-0.3, -0.25) is 0 Å². The highest BCUT2D eigenvalue weighted by atomic mass is 35.5. The van der Waals surface area contributed by atoms with Crippen LogP contribution < -0.4 is 9.47 Å². The predicted octanol–water partition coefficient (Wildman–Crippen LogP) is 1.71. The number of halogens is 1. The summed E-state index contributed by atoms with van der Waals surface area (Å²) in [4.78, 5) is 11.5. The van der Waals surface area contributed by atoms with Crippen LogP contribution in [0.5, 0.6) is 12.0 Å². The van der Waals surface area contributed by atoms with Gasteiger partial charge in [0.05, 0.1) is 13.7 Å². The average molecular weight is 230 g/mol. The fourth-order valence-corrected chi connectivity index (χ4v) is 1.34. The lowest BCUT2D eigenvalue weighted by atomic mass is 10.3. The third-order valence-electron chi connectivity index (χ3n) is 2.20. The standard InChI is InChI=1S/C9H12ClN3O2/c1-14-8-11-7(10)12-9(13-8)15-5-4-6-2-3-6/h6H,2-5H2,1H3. The minimum atomic E-state index is 0.0864. The number of nitrogens with zero attached hydrogens (tertiary/aromatic N) is 3. The Hall–Kier alpha value is -1.10. The van der Waals surface area contributed by atoms with Crippen molar-refractivity contribution in [3.63, 3.8) is 0 Å². The van der Waals surface area contributed by atoms with Crippen LogP contribution in [0.25, 0.3) is 0 Å². The van der Waals surface area contributed by atoms with Gasteiger partial charge in [-0.05, 0) is 23.9 Å². The molecule has 0 bridgehead atoms. The maximum Gasteiger partial charge on any atom is 0.323 e. The smallest absolute Gasteiger partial charge is 0.323 e. The van der Waals surface area contributed by atoms with Crippen LogP contribution in [0.15, 0.2) is 0 Å². The van der Waals surface area contributed by atoms with Crippen LogP contribution >= 0.6 is 11.6 Å². The quantitative estimate of drug-likeness (QED) is 0.769. The van der Waals surface area contributed by atoms with E-state index >= 15 is 0 Å². The minimum Gasteiger partial charge on any atom is -0.467 e. The molecule has 1 aliphatic rings. The number of hydrogen-bond acceptors (Lipinski definition) is 5. The van der Waals surface area contributed by atoms with Gasteiger partial charge in [0.2, 0.25) is 5.28 Å². The van der Waals surface area contributed by atoms with Crippen molar-refractivity contribution in [2.75, 3.05) is 13.7 Å². The molecular weight excluding hydrogens is 218 g/mol. The van der Waals surface area contributed by atoms with E-state index in [2.05, 4.69) is 15.0 Å². The largest absolute Gasteiger partial charge is 0.467 e. The molecule has 0 N–H and O–H groups in total. The zero-order chi connectivity index (χ0) is 10.7. The lowest BCUT2D eigenvalue weighted by molar-refractivity contribution is 0.270. The van der Waals surface area contributed by atoms with E-state index in [1.807, 2.05) is 0 Å². The van der Waals surface area contributed by atoms with Crippen molar-refractivity contribution in [3.05, 3.63) is 5.28 Å². The summed E-state index contributed by atoms with van der Waals surface area (Å²) < 4.78 is 10.2. The van der Waals surface area contributed by atoms with Crippen molar-refractivity contribution in [3.8, 4) is 12.0 Å². The summed E-state index contributed by atoms with van der Waals surface area (Å²) in [6, 6.07) is 0.406. The number of aromatic nitrogens is 3. The molecule has 0 saturated heterocycles. The summed E-state index contributed by atoms with van der Waals surface area (Å²) in [5.41, 5.74) is 0. The second-order valence-corrected chi connectivity index (χ2v) is 3.79. The Morgan fingerprint density at radius 2 is 2.00 bits per heavy atom. The molecule has 1 aromatic rings. The molecule has 0 unspecified atom stereocenters. The topological polar surface area (TPSA) is 57.1 Å². The molecule has 1 saturated carbocycles. The fourth-order valence-electron chi connectivity index (χ4n) is 1.19. The van der Waals surface area contributed by atoms with Crippen LogP contribution in [0.2, 0.25) is 5.28 Å². The molecule has 0 aromatic carbocycles. The lowest BCUT2D eigenvalue weighted by Crippen LogP contribution is -2.04. The summed E-state index contributed by atoms with van der Waals surface area (Å²) in [5, 5.41) is 0.0864. The fraction of sp³-hybridized carbons (Fsp3) is 0.667. The molecule has 82 valence electrons. The zero-order valence-corrected chi connectivity index (χ0v) is 9.20. The van der Waals surface area contributed by atoms with Crippen LogP contribution in [-0.4, -0.2) is 28.7 Å². The monoisotopic (exact) mass is 229 g/mol. The SMILES string of the molecule is COc1nc(Cl)nc(OCCC2CC2)n1. The van der Waals surface area contributed by atoms with Crippen LogP contribution in [0.4, 0.5) is 0 Å².